The molecule has 1 aromatic rings. The van der Waals surface area contributed by atoms with Crippen molar-refractivity contribution in [3.63, 3.8) is 0 Å². The van der Waals surface area contributed by atoms with Gasteiger partial charge in [0.15, 0.2) is 6.61 Å². The molecular weight excluding hydrogens is 336 g/mol. The normalized spacial score (nSPS) is 18.4. The fourth-order valence-corrected chi connectivity index (χ4v) is 2.78. The number of benzene rings is 1. The number of carbonyl (C=O) groups excluding carboxylic acids is 2. The Morgan fingerprint density at radius 2 is 2.24 bits per heavy atom. The first-order valence-electron chi connectivity index (χ1n) is 6.97. The third-order valence-electron chi connectivity index (χ3n) is 3.57. The number of hydrogen-bond donors (Lipinski definition) is 1. The first-order valence-corrected chi connectivity index (χ1v) is 7.76. The van der Waals surface area contributed by atoms with Gasteiger partial charge in [0.2, 0.25) is 0 Å². The fourth-order valence-electron chi connectivity index (χ4n) is 2.42. The molecule has 1 heterocycles. The predicted molar refractivity (Wildman–Crippen MR) is 83.8 cm³/mol. The Labute approximate surface area is 132 Å². The number of nitrogens with two attached hydrogens (primary N) is 1. The molecule has 1 aromatic carbocycles. The highest BCUT2D eigenvalue weighted by Gasteiger charge is 2.22. The highest BCUT2D eigenvalue weighted by atomic mass is 79.9. The summed E-state index contributed by atoms with van der Waals surface area (Å²) in [6.07, 6.45) is 2.14. The smallest absolute Gasteiger partial charge is 0.340 e. The Balaban J connectivity index is 1.91. The Morgan fingerprint density at radius 1 is 1.48 bits per heavy atom. The van der Waals surface area contributed by atoms with Crippen LogP contribution in [0.15, 0.2) is 22.7 Å². The molecule has 1 atom stereocenters. The molecule has 0 bridgehead atoms. The van der Waals surface area contributed by atoms with E-state index in [0.717, 1.165) is 30.4 Å². The number of esters is 1. The van der Waals surface area contributed by atoms with Gasteiger partial charge in [0.25, 0.3) is 5.91 Å². The van der Waals surface area contributed by atoms with Gasteiger partial charge in [-0.1, -0.05) is 22.9 Å². The van der Waals surface area contributed by atoms with E-state index in [0.29, 0.717) is 11.6 Å². The van der Waals surface area contributed by atoms with Crippen molar-refractivity contribution in [3.8, 4) is 0 Å². The molecule has 21 heavy (non-hydrogen) atoms. The maximum atomic E-state index is 12.0. The van der Waals surface area contributed by atoms with Crippen LogP contribution in [0.3, 0.4) is 0 Å². The van der Waals surface area contributed by atoms with E-state index >= 15 is 0 Å². The van der Waals surface area contributed by atoms with Crippen molar-refractivity contribution >= 4 is 33.5 Å². The van der Waals surface area contributed by atoms with Crippen molar-refractivity contribution in [2.24, 2.45) is 5.92 Å². The van der Waals surface area contributed by atoms with Gasteiger partial charge in [-0.15, -0.1) is 0 Å². The van der Waals surface area contributed by atoms with Gasteiger partial charge in [-0.3, -0.25) is 4.79 Å². The monoisotopic (exact) mass is 354 g/mol. The predicted octanol–water partition coefficient (Wildman–Crippen LogP) is 2.45. The third kappa shape index (κ3) is 4.20. The van der Waals surface area contributed by atoms with E-state index in [1.807, 2.05) is 0 Å². The molecule has 114 valence electrons. The molecule has 1 fully saturated rings. The summed E-state index contributed by atoms with van der Waals surface area (Å²) in [7, 11) is 0. The molecule has 2 rings (SSSR count). The van der Waals surface area contributed by atoms with E-state index in [9.17, 15) is 9.59 Å². The SMILES string of the molecule is C[C@H]1CCCN(C(=O)COC(=O)c2cc(Br)ccc2N)C1. The molecule has 0 saturated carbocycles. The number of piperidine rings is 1. The van der Waals surface area contributed by atoms with Crippen molar-refractivity contribution in [2.45, 2.75) is 19.8 Å². The first kappa shape index (κ1) is 15.8. The zero-order chi connectivity index (χ0) is 15.4. The van der Waals surface area contributed by atoms with Crippen LogP contribution in [0.2, 0.25) is 0 Å². The number of likely N-dealkylation sites (tertiary alicyclic amines) is 1. The molecular formula is C15H19BrN2O3. The molecule has 2 N–H and O–H groups in total. The largest absolute Gasteiger partial charge is 0.452 e. The highest BCUT2D eigenvalue weighted by molar-refractivity contribution is 9.10. The number of amides is 1. The molecule has 0 aliphatic carbocycles. The van der Waals surface area contributed by atoms with Crippen LogP contribution in [-0.2, 0) is 9.53 Å². The van der Waals surface area contributed by atoms with Crippen molar-refractivity contribution < 1.29 is 14.3 Å². The molecule has 1 amide bonds. The topological polar surface area (TPSA) is 72.6 Å². The fraction of sp³-hybridized carbons (Fsp3) is 0.467. The van der Waals surface area contributed by atoms with Crippen LogP contribution in [-0.4, -0.2) is 36.5 Å². The van der Waals surface area contributed by atoms with Gasteiger partial charge in [-0.2, -0.15) is 0 Å². The van der Waals surface area contributed by atoms with E-state index in [1.165, 1.54) is 0 Å². The zero-order valence-electron chi connectivity index (χ0n) is 12.0. The van der Waals surface area contributed by atoms with E-state index in [2.05, 4.69) is 22.9 Å². The minimum Gasteiger partial charge on any atom is -0.452 e. The lowest BCUT2D eigenvalue weighted by Gasteiger charge is -2.30. The van der Waals surface area contributed by atoms with E-state index < -0.39 is 5.97 Å². The quantitative estimate of drug-likeness (QED) is 0.668. The van der Waals surface area contributed by atoms with Gasteiger partial charge >= 0.3 is 5.97 Å². The summed E-state index contributed by atoms with van der Waals surface area (Å²) in [4.78, 5) is 25.8. The lowest BCUT2D eigenvalue weighted by molar-refractivity contribution is -0.136. The molecule has 5 nitrogen and oxygen atoms in total. The van der Waals surface area contributed by atoms with Crippen LogP contribution < -0.4 is 5.73 Å². The van der Waals surface area contributed by atoms with Crippen LogP contribution >= 0.6 is 15.9 Å². The Hall–Kier alpha value is -1.56. The number of hydrogen-bond acceptors (Lipinski definition) is 4. The van der Waals surface area contributed by atoms with E-state index in [4.69, 9.17) is 10.5 Å². The lowest BCUT2D eigenvalue weighted by Crippen LogP contribution is -2.41. The number of rotatable bonds is 3. The highest BCUT2D eigenvalue weighted by Crippen LogP contribution is 2.19. The molecule has 0 aromatic heterocycles. The second-order valence-electron chi connectivity index (χ2n) is 5.39. The number of ether oxygens (including phenoxy) is 1. The summed E-state index contributed by atoms with van der Waals surface area (Å²) in [5.41, 5.74) is 6.34. The zero-order valence-corrected chi connectivity index (χ0v) is 13.6. The average molecular weight is 355 g/mol. The molecule has 1 aliphatic heterocycles. The maximum absolute atomic E-state index is 12.0. The van der Waals surface area contributed by atoms with Crippen LogP contribution in [0, 0.1) is 5.92 Å². The molecule has 1 aliphatic rings. The van der Waals surface area contributed by atoms with Crippen molar-refractivity contribution in [2.75, 3.05) is 25.4 Å². The lowest BCUT2D eigenvalue weighted by atomic mass is 10.0. The van der Waals surface area contributed by atoms with E-state index in [1.54, 1.807) is 23.1 Å². The van der Waals surface area contributed by atoms with Gasteiger partial charge in [0, 0.05) is 23.2 Å². The number of nitrogens with zero attached hydrogens (tertiary/aromatic N) is 1. The number of carbonyl (C=O) groups is 2. The minimum atomic E-state index is -0.577. The van der Waals surface area contributed by atoms with Crippen LogP contribution in [0.1, 0.15) is 30.1 Å². The van der Waals surface area contributed by atoms with E-state index in [-0.39, 0.29) is 18.1 Å². The molecule has 6 heteroatoms. The van der Waals surface area contributed by atoms with Crippen molar-refractivity contribution in [1.82, 2.24) is 4.90 Å². The second kappa shape index (κ2) is 6.93. The molecule has 0 radical (unpaired) electrons. The average Bonchev–Trinajstić information content (AvgIpc) is 2.47. The van der Waals surface area contributed by atoms with Gasteiger partial charge in [0.05, 0.1) is 5.56 Å². The first-order chi connectivity index (χ1) is 9.97. The minimum absolute atomic E-state index is 0.150. The Morgan fingerprint density at radius 3 is 2.95 bits per heavy atom. The van der Waals surface area contributed by atoms with Gasteiger partial charge in [-0.05, 0) is 37.0 Å². The van der Waals surface area contributed by atoms with Crippen molar-refractivity contribution in [1.29, 1.82) is 0 Å². The molecule has 0 spiro atoms. The summed E-state index contributed by atoms with van der Waals surface area (Å²) in [5, 5.41) is 0. The van der Waals surface area contributed by atoms with Crippen LogP contribution in [0.5, 0.6) is 0 Å². The van der Waals surface area contributed by atoms with Crippen LogP contribution in [0.25, 0.3) is 0 Å². The summed E-state index contributed by atoms with van der Waals surface area (Å²) in [6.45, 7) is 3.35. The van der Waals surface area contributed by atoms with Crippen molar-refractivity contribution in [3.05, 3.63) is 28.2 Å². The van der Waals surface area contributed by atoms with Gasteiger partial charge in [0.1, 0.15) is 0 Å². The number of anilines is 1. The molecule has 1 saturated heterocycles. The number of nitrogen functional groups attached to an aromatic ring is 1. The van der Waals surface area contributed by atoms with Crippen LogP contribution in [0.4, 0.5) is 5.69 Å². The van der Waals surface area contributed by atoms with Gasteiger partial charge in [-0.25, -0.2) is 4.79 Å². The summed E-state index contributed by atoms with van der Waals surface area (Å²) < 4.78 is 5.82. The Bertz CT molecular complexity index is 548. The molecule has 0 unspecified atom stereocenters. The summed E-state index contributed by atoms with van der Waals surface area (Å²) in [5.74, 6) is -0.227. The Kier molecular flexibility index (Phi) is 5.22. The second-order valence-corrected chi connectivity index (χ2v) is 6.31. The standard InChI is InChI=1S/C15H19BrN2O3/c1-10-3-2-6-18(8-10)14(19)9-21-15(20)12-7-11(16)4-5-13(12)17/h4-5,7,10H,2-3,6,8-9,17H2,1H3/t10-/m0/s1. The summed E-state index contributed by atoms with van der Waals surface area (Å²) in [6, 6.07) is 4.95. The number of halogens is 1. The third-order valence-corrected chi connectivity index (χ3v) is 4.06. The maximum Gasteiger partial charge on any atom is 0.340 e. The summed E-state index contributed by atoms with van der Waals surface area (Å²) >= 11 is 3.28. The van der Waals surface area contributed by atoms with Gasteiger partial charge < -0.3 is 15.4 Å².